The number of benzene rings is 5. The van der Waals surface area contributed by atoms with E-state index in [1.54, 1.807) is 0 Å². The SMILES string of the molecule is CC(C)(C)c1c(-c2ccccc2Oc2ccccc2)cccc1-c1ccccc1Oc1ccccc1. The van der Waals surface area contributed by atoms with E-state index in [2.05, 4.69) is 63.2 Å². The Bertz CT molecular complexity index is 1340. The van der Waals surface area contributed by atoms with Crippen LogP contribution in [-0.2, 0) is 5.41 Å². The Morgan fingerprint density at radius 3 is 1.17 bits per heavy atom. The number of hydrogen-bond donors (Lipinski definition) is 0. The minimum atomic E-state index is -0.133. The van der Waals surface area contributed by atoms with Crippen LogP contribution in [0.1, 0.15) is 26.3 Å². The van der Waals surface area contributed by atoms with Gasteiger partial charge in [0.1, 0.15) is 23.0 Å². The highest BCUT2D eigenvalue weighted by Gasteiger charge is 2.26. The highest BCUT2D eigenvalue weighted by Crippen LogP contribution is 2.45. The third kappa shape index (κ3) is 5.04. The van der Waals surface area contributed by atoms with Gasteiger partial charge in [-0.05, 0) is 58.5 Å². The summed E-state index contributed by atoms with van der Waals surface area (Å²) in [5.41, 5.74) is 5.55. The molecular weight excluding hydrogens is 440 g/mol. The summed E-state index contributed by atoms with van der Waals surface area (Å²) < 4.78 is 12.7. The number of para-hydroxylation sites is 4. The van der Waals surface area contributed by atoms with Crippen molar-refractivity contribution in [2.45, 2.75) is 26.2 Å². The van der Waals surface area contributed by atoms with Gasteiger partial charge in [-0.25, -0.2) is 0 Å². The van der Waals surface area contributed by atoms with E-state index in [0.29, 0.717) is 0 Å². The van der Waals surface area contributed by atoms with Crippen molar-refractivity contribution in [2.24, 2.45) is 0 Å². The summed E-state index contributed by atoms with van der Waals surface area (Å²) in [5, 5.41) is 0. The molecule has 0 fully saturated rings. The zero-order valence-corrected chi connectivity index (χ0v) is 20.9. The lowest BCUT2D eigenvalue weighted by Gasteiger charge is -2.28. The zero-order chi connectivity index (χ0) is 25.0. The van der Waals surface area contributed by atoms with Gasteiger partial charge < -0.3 is 9.47 Å². The molecule has 0 aliphatic heterocycles. The van der Waals surface area contributed by atoms with Gasteiger partial charge in [0.15, 0.2) is 0 Å². The van der Waals surface area contributed by atoms with E-state index in [1.807, 2.05) is 84.9 Å². The molecule has 178 valence electrons. The van der Waals surface area contributed by atoms with E-state index in [1.165, 1.54) is 5.56 Å². The second kappa shape index (κ2) is 10.1. The Morgan fingerprint density at radius 1 is 0.389 bits per heavy atom. The van der Waals surface area contributed by atoms with Crippen molar-refractivity contribution in [2.75, 3.05) is 0 Å². The average molecular weight is 471 g/mol. The molecule has 2 heteroatoms. The zero-order valence-electron chi connectivity index (χ0n) is 20.9. The van der Waals surface area contributed by atoms with Crippen LogP contribution in [0.3, 0.4) is 0 Å². The van der Waals surface area contributed by atoms with Crippen LogP contribution < -0.4 is 9.47 Å². The van der Waals surface area contributed by atoms with Crippen LogP contribution in [0.25, 0.3) is 22.3 Å². The number of ether oxygens (including phenoxy) is 2. The van der Waals surface area contributed by atoms with Crippen LogP contribution in [0.15, 0.2) is 127 Å². The Morgan fingerprint density at radius 2 is 0.750 bits per heavy atom. The molecule has 0 aromatic heterocycles. The first-order valence-electron chi connectivity index (χ1n) is 12.3. The fourth-order valence-corrected chi connectivity index (χ4v) is 4.60. The Hall–Kier alpha value is -4.30. The van der Waals surface area contributed by atoms with Crippen LogP contribution >= 0.6 is 0 Å². The van der Waals surface area contributed by atoms with Gasteiger partial charge in [0.25, 0.3) is 0 Å². The molecule has 36 heavy (non-hydrogen) atoms. The van der Waals surface area contributed by atoms with Gasteiger partial charge in [0, 0.05) is 11.1 Å². The van der Waals surface area contributed by atoms with Crippen molar-refractivity contribution in [3.63, 3.8) is 0 Å². The quantitative estimate of drug-likeness (QED) is 0.246. The van der Waals surface area contributed by atoms with Crippen LogP contribution in [0, 0.1) is 0 Å². The summed E-state index contributed by atoms with van der Waals surface area (Å²) in [6, 6.07) is 42.9. The molecule has 0 N–H and O–H groups in total. The van der Waals surface area contributed by atoms with Crippen molar-refractivity contribution in [1.29, 1.82) is 0 Å². The summed E-state index contributed by atoms with van der Waals surface area (Å²) in [6.45, 7) is 6.78. The summed E-state index contributed by atoms with van der Waals surface area (Å²) in [6.07, 6.45) is 0. The molecule has 5 aromatic carbocycles. The molecule has 0 saturated heterocycles. The van der Waals surface area contributed by atoms with Crippen LogP contribution in [0.4, 0.5) is 0 Å². The summed E-state index contributed by atoms with van der Waals surface area (Å²) in [4.78, 5) is 0. The Balaban J connectivity index is 1.67. The first kappa shape index (κ1) is 23.4. The molecule has 0 unspecified atom stereocenters. The van der Waals surface area contributed by atoms with E-state index in [-0.39, 0.29) is 5.41 Å². The van der Waals surface area contributed by atoms with Crippen molar-refractivity contribution in [1.82, 2.24) is 0 Å². The average Bonchev–Trinajstić information content (AvgIpc) is 2.90. The Kier molecular flexibility index (Phi) is 6.60. The molecule has 0 heterocycles. The minimum absolute atomic E-state index is 0.133. The van der Waals surface area contributed by atoms with Crippen LogP contribution in [0.2, 0.25) is 0 Å². The highest BCUT2D eigenvalue weighted by atomic mass is 16.5. The normalized spacial score (nSPS) is 11.2. The molecule has 0 spiro atoms. The molecule has 0 amide bonds. The smallest absolute Gasteiger partial charge is 0.135 e. The van der Waals surface area contributed by atoms with Crippen molar-refractivity contribution < 1.29 is 9.47 Å². The van der Waals surface area contributed by atoms with Gasteiger partial charge in [-0.15, -0.1) is 0 Å². The van der Waals surface area contributed by atoms with E-state index in [4.69, 9.17) is 9.47 Å². The van der Waals surface area contributed by atoms with E-state index >= 15 is 0 Å². The van der Waals surface area contributed by atoms with Gasteiger partial charge >= 0.3 is 0 Å². The van der Waals surface area contributed by atoms with E-state index in [0.717, 1.165) is 45.3 Å². The molecule has 2 nitrogen and oxygen atoms in total. The number of rotatable bonds is 6. The van der Waals surface area contributed by atoms with E-state index in [9.17, 15) is 0 Å². The molecule has 0 radical (unpaired) electrons. The van der Waals surface area contributed by atoms with E-state index < -0.39 is 0 Å². The Labute approximate surface area is 213 Å². The first-order chi connectivity index (χ1) is 17.5. The summed E-state index contributed by atoms with van der Waals surface area (Å²) in [7, 11) is 0. The lowest BCUT2D eigenvalue weighted by molar-refractivity contribution is 0.484. The second-order valence-electron chi connectivity index (χ2n) is 9.80. The van der Waals surface area contributed by atoms with Crippen molar-refractivity contribution >= 4 is 0 Å². The topological polar surface area (TPSA) is 18.5 Å². The maximum absolute atomic E-state index is 6.36. The van der Waals surface area contributed by atoms with Gasteiger partial charge in [0.05, 0.1) is 0 Å². The summed E-state index contributed by atoms with van der Waals surface area (Å²) >= 11 is 0. The largest absolute Gasteiger partial charge is 0.457 e. The third-order valence-corrected chi connectivity index (χ3v) is 6.11. The lowest BCUT2D eigenvalue weighted by Crippen LogP contribution is -2.15. The van der Waals surface area contributed by atoms with Crippen molar-refractivity contribution in [3.8, 4) is 45.3 Å². The molecular formula is C34H30O2. The fraction of sp³-hybridized carbons (Fsp3) is 0.118. The molecule has 0 atom stereocenters. The highest BCUT2D eigenvalue weighted by molar-refractivity contribution is 5.84. The minimum Gasteiger partial charge on any atom is -0.457 e. The lowest BCUT2D eigenvalue weighted by atomic mass is 9.77. The third-order valence-electron chi connectivity index (χ3n) is 6.11. The van der Waals surface area contributed by atoms with Crippen LogP contribution in [0.5, 0.6) is 23.0 Å². The van der Waals surface area contributed by atoms with Crippen LogP contribution in [-0.4, -0.2) is 0 Å². The fourth-order valence-electron chi connectivity index (χ4n) is 4.60. The molecule has 5 aromatic rings. The maximum atomic E-state index is 6.36. The second-order valence-corrected chi connectivity index (χ2v) is 9.80. The predicted molar refractivity (Wildman–Crippen MR) is 149 cm³/mol. The first-order valence-corrected chi connectivity index (χ1v) is 12.3. The maximum Gasteiger partial charge on any atom is 0.135 e. The molecule has 0 aliphatic rings. The number of hydrogen-bond acceptors (Lipinski definition) is 2. The predicted octanol–water partition coefficient (Wildman–Crippen LogP) is 9.90. The van der Waals surface area contributed by atoms with Crippen molar-refractivity contribution in [3.05, 3.63) is 133 Å². The van der Waals surface area contributed by atoms with Gasteiger partial charge in [-0.3, -0.25) is 0 Å². The standard InChI is InChI=1S/C34H30O2/c1-34(2,3)33-29(27-19-10-12-23-31(27)35-25-15-6-4-7-16-25)21-14-22-30(33)28-20-11-13-24-32(28)36-26-17-8-5-9-18-26/h4-24H,1-3H3. The molecule has 0 saturated carbocycles. The van der Waals surface area contributed by atoms with Gasteiger partial charge in [0.2, 0.25) is 0 Å². The molecule has 0 aliphatic carbocycles. The molecule has 5 rings (SSSR count). The van der Waals surface area contributed by atoms with Gasteiger partial charge in [-0.2, -0.15) is 0 Å². The summed E-state index contributed by atoms with van der Waals surface area (Å²) in [5.74, 6) is 3.31. The van der Waals surface area contributed by atoms with Gasteiger partial charge in [-0.1, -0.05) is 112 Å². The molecule has 0 bridgehead atoms. The monoisotopic (exact) mass is 470 g/mol.